The fraction of sp³-hybridized carbons (Fsp3) is 0.188. The van der Waals surface area contributed by atoms with Crippen LogP contribution in [0.4, 0.5) is 15.8 Å². The van der Waals surface area contributed by atoms with Crippen molar-refractivity contribution < 1.29 is 4.39 Å². The first kappa shape index (κ1) is 14.5. The lowest BCUT2D eigenvalue weighted by Crippen LogP contribution is -2.17. The summed E-state index contributed by atoms with van der Waals surface area (Å²) in [6.07, 6.45) is 0. The molecule has 0 aromatic heterocycles. The molecule has 0 heterocycles. The van der Waals surface area contributed by atoms with Crippen molar-refractivity contribution in [2.75, 3.05) is 11.4 Å². The van der Waals surface area contributed by atoms with Gasteiger partial charge in [0, 0.05) is 23.5 Å². The maximum Gasteiger partial charge on any atom is 0.125 e. The molecular formula is C16H17FN2S. The minimum Gasteiger partial charge on any atom is -0.389 e. The van der Waals surface area contributed by atoms with Crippen molar-refractivity contribution in [3.63, 3.8) is 0 Å². The Hall–Kier alpha value is -1.94. The van der Waals surface area contributed by atoms with Gasteiger partial charge >= 0.3 is 0 Å². The largest absolute Gasteiger partial charge is 0.389 e. The Morgan fingerprint density at radius 1 is 1.20 bits per heavy atom. The third-order valence-electron chi connectivity index (χ3n) is 3.22. The summed E-state index contributed by atoms with van der Waals surface area (Å²) < 4.78 is 13.4. The van der Waals surface area contributed by atoms with E-state index in [0.29, 0.717) is 4.99 Å². The molecule has 0 bridgehead atoms. The molecule has 0 saturated heterocycles. The molecule has 0 aliphatic heterocycles. The molecule has 20 heavy (non-hydrogen) atoms. The second kappa shape index (κ2) is 6.01. The van der Waals surface area contributed by atoms with Crippen LogP contribution in [0.15, 0.2) is 42.5 Å². The quantitative estimate of drug-likeness (QED) is 0.864. The van der Waals surface area contributed by atoms with Crippen LogP contribution in [-0.2, 0) is 0 Å². The number of thiocarbonyl (C=S) groups is 1. The van der Waals surface area contributed by atoms with Gasteiger partial charge in [-0.1, -0.05) is 18.3 Å². The van der Waals surface area contributed by atoms with E-state index in [-0.39, 0.29) is 5.82 Å². The van der Waals surface area contributed by atoms with Crippen molar-refractivity contribution in [1.29, 1.82) is 0 Å². The molecule has 2 aromatic carbocycles. The zero-order valence-electron chi connectivity index (χ0n) is 11.6. The van der Waals surface area contributed by atoms with Gasteiger partial charge in [-0.05, 0) is 55.8 Å². The van der Waals surface area contributed by atoms with Crippen LogP contribution in [0.2, 0.25) is 0 Å². The van der Waals surface area contributed by atoms with E-state index in [9.17, 15) is 4.39 Å². The number of hydrogen-bond acceptors (Lipinski definition) is 2. The Labute approximate surface area is 124 Å². The second-order valence-corrected chi connectivity index (χ2v) is 5.03. The van der Waals surface area contributed by atoms with Crippen molar-refractivity contribution >= 4 is 28.6 Å². The van der Waals surface area contributed by atoms with E-state index in [0.717, 1.165) is 29.0 Å². The summed E-state index contributed by atoms with van der Waals surface area (Å²) in [6.45, 7) is 4.74. The van der Waals surface area contributed by atoms with Crippen LogP contribution in [0.25, 0.3) is 0 Å². The Bertz CT molecular complexity index is 640. The highest BCUT2D eigenvalue weighted by atomic mass is 32.1. The van der Waals surface area contributed by atoms with Crippen molar-refractivity contribution in [3.8, 4) is 0 Å². The molecule has 2 rings (SSSR count). The van der Waals surface area contributed by atoms with Crippen LogP contribution in [0, 0.1) is 12.7 Å². The molecule has 0 amide bonds. The van der Waals surface area contributed by atoms with E-state index in [4.69, 9.17) is 18.0 Å². The lowest BCUT2D eigenvalue weighted by atomic mass is 10.1. The summed E-state index contributed by atoms with van der Waals surface area (Å²) in [6, 6.07) is 12.5. The van der Waals surface area contributed by atoms with Gasteiger partial charge < -0.3 is 10.6 Å². The molecule has 0 atom stereocenters. The number of hydrogen-bond donors (Lipinski definition) is 1. The fourth-order valence-electron chi connectivity index (χ4n) is 2.25. The summed E-state index contributed by atoms with van der Waals surface area (Å²) in [4.78, 5) is 2.43. The lowest BCUT2D eigenvalue weighted by molar-refractivity contribution is 0.627. The highest BCUT2D eigenvalue weighted by Gasteiger charge is 2.10. The first-order valence-electron chi connectivity index (χ1n) is 6.46. The Morgan fingerprint density at radius 3 is 2.45 bits per heavy atom. The van der Waals surface area contributed by atoms with E-state index >= 15 is 0 Å². The van der Waals surface area contributed by atoms with Gasteiger partial charge in [0.25, 0.3) is 0 Å². The van der Waals surface area contributed by atoms with Crippen LogP contribution in [0.5, 0.6) is 0 Å². The molecule has 0 aliphatic rings. The standard InChI is InChI=1S/C16H17FN2S/c1-3-19(13-6-4-5-12(17)10-13)14-7-8-15(16(18)20)11(2)9-14/h4-10H,3H2,1-2H3,(H2,18,20). The molecular weight excluding hydrogens is 271 g/mol. The maximum absolute atomic E-state index is 13.4. The molecule has 0 radical (unpaired) electrons. The van der Waals surface area contributed by atoms with Crippen LogP contribution in [-0.4, -0.2) is 11.5 Å². The number of aryl methyl sites for hydroxylation is 1. The molecule has 2 nitrogen and oxygen atoms in total. The zero-order chi connectivity index (χ0) is 14.7. The van der Waals surface area contributed by atoms with Crippen LogP contribution >= 0.6 is 12.2 Å². The molecule has 0 aliphatic carbocycles. The first-order valence-corrected chi connectivity index (χ1v) is 6.87. The normalized spacial score (nSPS) is 10.3. The van der Waals surface area contributed by atoms with Gasteiger partial charge in [0.05, 0.1) is 0 Å². The predicted octanol–water partition coefficient (Wildman–Crippen LogP) is 3.93. The molecule has 0 spiro atoms. The molecule has 2 N–H and O–H groups in total. The highest BCUT2D eigenvalue weighted by molar-refractivity contribution is 7.80. The van der Waals surface area contributed by atoms with Gasteiger partial charge in [-0.2, -0.15) is 0 Å². The molecule has 0 unspecified atom stereocenters. The van der Waals surface area contributed by atoms with Gasteiger partial charge in [0.2, 0.25) is 0 Å². The number of nitrogens with two attached hydrogens (primary N) is 1. The van der Waals surface area contributed by atoms with E-state index in [1.807, 2.05) is 43.0 Å². The predicted molar refractivity (Wildman–Crippen MR) is 86.1 cm³/mol. The van der Waals surface area contributed by atoms with E-state index in [2.05, 4.69) is 0 Å². The van der Waals surface area contributed by atoms with E-state index in [1.165, 1.54) is 12.1 Å². The van der Waals surface area contributed by atoms with Crippen LogP contribution in [0.1, 0.15) is 18.1 Å². The monoisotopic (exact) mass is 288 g/mol. The van der Waals surface area contributed by atoms with Gasteiger partial charge in [-0.3, -0.25) is 0 Å². The summed E-state index contributed by atoms with van der Waals surface area (Å²) in [5.41, 5.74) is 9.39. The van der Waals surface area contributed by atoms with E-state index in [1.54, 1.807) is 6.07 Å². The van der Waals surface area contributed by atoms with Crippen molar-refractivity contribution in [3.05, 3.63) is 59.4 Å². The number of anilines is 2. The minimum absolute atomic E-state index is 0.238. The van der Waals surface area contributed by atoms with Crippen LogP contribution < -0.4 is 10.6 Å². The molecule has 2 aromatic rings. The smallest absolute Gasteiger partial charge is 0.125 e. The summed E-state index contributed by atoms with van der Waals surface area (Å²) in [5.74, 6) is -0.238. The summed E-state index contributed by atoms with van der Waals surface area (Å²) >= 11 is 5.01. The average Bonchev–Trinajstić information content (AvgIpc) is 2.39. The Balaban J connectivity index is 2.42. The van der Waals surface area contributed by atoms with Gasteiger partial charge in [0.15, 0.2) is 0 Å². The zero-order valence-corrected chi connectivity index (χ0v) is 12.4. The second-order valence-electron chi connectivity index (χ2n) is 4.59. The van der Waals surface area contributed by atoms with Crippen molar-refractivity contribution in [1.82, 2.24) is 0 Å². The van der Waals surface area contributed by atoms with Crippen molar-refractivity contribution in [2.45, 2.75) is 13.8 Å². The molecule has 0 saturated carbocycles. The third-order valence-corrected chi connectivity index (χ3v) is 3.44. The lowest BCUT2D eigenvalue weighted by Gasteiger charge is -2.24. The molecule has 4 heteroatoms. The number of nitrogens with zero attached hydrogens (tertiary/aromatic N) is 1. The van der Waals surface area contributed by atoms with Crippen molar-refractivity contribution in [2.24, 2.45) is 5.73 Å². The Kier molecular flexibility index (Phi) is 4.35. The third kappa shape index (κ3) is 2.96. The SMILES string of the molecule is CCN(c1cccc(F)c1)c1ccc(C(N)=S)c(C)c1. The topological polar surface area (TPSA) is 29.3 Å². The Morgan fingerprint density at radius 2 is 1.90 bits per heavy atom. The molecule has 104 valence electrons. The first-order chi connectivity index (χ1) is 9.52. The van der Waals surface area contributed by atoms with E-state index < -0.39 is 0 Å². The minimum atomic E-state index is -0.238. The highest BCUT2D eigenvalue weighted by Crippen LogP contribution is 2.27. The summed E-state index contributed by atoms with van der Waals surface area (Å²) in [7, 11) is 0. The van der Waals surface area contributed by atoms with Gasteiger partial charge in [-0.25, -0.2) is 4.39 Å². The maximum atomic E-state index is 13.4. The van der Waals surface area contributed by atoms with Gasteiger partial charge in [0.1, 0.15) is 10.8 Å². The molecule has 0 fully saturated rings. The number of rotatable bonds is 4. The average molecular weight is 288 g/mol. The summed E-state index contributed by atoms with van der Waals surface area (Å²) in [5, 5.41) is 0. The van der Waals surface area contributed by atoms with Gasteiger partial charge in [-0.15, -0.1) is 0 Å². The van der Waals surface area contributed by atoms with Crippen LogP contribution in [0.3, 0.4) is 0 Å². The number of halogens is 1. The number of benzene rings is 2. The fourth-order valence-corrected chi connectivity index (χ4v) is 2.48.